The Balaban J connectivity index is 1.34. The van der Waals surface area contributed by atoms with Gasteiger partial charge in [0.1, 0.15) is 11.5 Å². The van der Waals surface area contributed by atoms with Crippen molar-refractivity contribution in [2.45, 2.75) is 88.3 Å². The molecule has 5 aliphatic rings. The van der Waals surface area contributed by atoms with E-state index >= 15 is 0 Å². The molecule has 3 saturated heterocycles. The van der Waals surface area contributed by atoms with Crippen molar-refractivity contribution in [3.05, 3.63) is 54.4 Å². The van der Waals surface area contributed by atoms with Crippen LogP contribution in [-0.4, -0.2) is 79.6 Å². The molecule has 3 aromatic rings. The van der Waals surface area contributed by atoms with Gasteiger partial charge in [0.25, 0.3) is 0 Å². The standard InChI is InChI=1S/C36H44N4O3/c41-25-9-8-19-40-24(12-13-25)21-35-23-39-18-6-4-2-1-3-5-16-36(43,34(35)40)22-28(29(35)15-20-39)32-33-27(14-17-37-32)26-10-7-11-30(42)31(26)38-33/h1,3,7,10-11,14,17,22,24,29,34,38,42-43H,2,4-6,8-9,12-13,15-16,18-21,23H2/b3-1-/t24-,29-,34?,35-,36-/m1/s1. The van der Waals surface area contributed by atoms with E-state index in [0.717, 1.165) is 92.2 Å². The van der Waals surface area contributed by atoms with Crippen LogP contribution in [-0.2, 0) is 4.79 Å². The van der Waals surface area contributed by atoms with Crippen LogP contribution in [0.1, 0.15) is 76.3 Å². The molecule has 6 atom stereocenters. The number of Topliss-reactive ketones (excluding diaryl/α,β-unsaturated/α-hetero) is 1. The first-order chi connectivity index (χ1) is 21.0. The summed E-state index contributed by atoms with van der Waals surface area (Å²) in [7, 11) is 0. The van der Waals surface area contributed by atoms with Gasteiger partial charge in [0.2, 0.25) is 0 Å². The number of aromatic hydroxyl groups is 1. The van der Waals surface area contributed by atoms with Gasteiger partial charge in [0.15, 0.2) is 0 Å². The number of para-hydroxylation sites is 1. The first kappa shape index (κ1) is 27.5. The van der Waals surface area contributed by atoms with Gasteiger partial charge in [-0.25, -0.2) is 0 Å². The molecule has 0 saturated carbocycles. The van der Waals surface area contributed by atoms with Crippen LogP contribution in [0, 0.1) is 11.3 Å². The topological polar surface area (TPSA) is 92.7 Å². The molecule has 8 rings (SSSR count). The van der Waals surface area contributed by atoms with E-state index in [9.17, 15) is 15.0 Å². The van der Waals surface area contributed by atoms with Gasteiger partial charge in [0.05, 0.1) is 22.3 Å². The van der Waals surface area contributed by atoms with Gasteiger partial charge >= 0.3 is 0 Å². The van der Waals surface area contributed by atoms with Crippen LogP contribution in [0.2, 0.25) is 0 Å². The van der Waals surface area contributed by atoms with Gasteiger partial charge in [-0.2, -0.15) is 0 Å². The highest BCUT2D eigenvalue weighted by atomic mass is 16.3. The molecule has 0 radical (unpaired) electrons. The van der Waals surface area contributed by atoms with Crippen molar-refractivity contribution in [1.29, 1.82) is 0 Å². The molecule has 1 aromatic carbocycles. The fourth-order valence-corrected chi connectivity index (χ4v) is 9.92. The maximum atomic E-state index is 13.1. The third-order valence-corrected chi connectivity index (χ3v) is 11.6. The molecule has 1 aliphatic carbocycles. The molecular formula is C36H44N4O3. The molecular weight excluding hydrogens is 536 g/mol. The number of fused-ring (bicyclic) bond motifs is 5. The molecule has 2 aromatic heterocycles. The maximum absolute atomic E-state index is 13.1. The number of nitrogens with zero attached hydrogens (tertiary/aromatic N) is 3. The number of rotatable bonds is 1. The Morgan fingerprint density at radius 2 is 1.84 bits per heavy atom. The van der Waals surface area contributed by atoms with Gasteiger partial charge in [-0.3, -0.25) is 14.7 Å². The number of piperidine rings is 1. The number of ketones is 1. The van der Waals surface area contributed by atoms with E-state index in [1.807, 2.05) is 18.3 Å². The molecule has 2 unspecified atom stereocenters. The first-order valence-corrected chi connectivity index (χ1v) is 16.7. The maximum Gasteiger partial charge on any atom is 0.139 e. The van der Waals surface area contributed by atoms with Crippen molar-refractivity contribution < 1.29 is 15.0 Å². The number of hydrogen-bond donors (Lipinski definition) is 3. The highest BCUT2D eigenvalue weighted by Crippen LogP contribution is 2.62. The van der Waals surface area contributed by atoms with Crippen molar-refractivity contribution in [1.82, 2.24) is 19.8 Å². The molecule has 1 spiro atoms. The Hall–Kier alpha value is -3.00. The van der Waals surface area contributed by atoms with Crippen molar-refractivity contribution in [3.63, 3.8) is 0 Å². The summed E-state index contributed by atoms with van der Waals surface area (Å²) in [5.41, 5.74) is 2.63. The van der Waals surface area contributed by atoms with Crippen LogP contribution in [0.25, 0.3) is 27.4 Å². The number of carbonyl (C=O) groups is 1. The number of phenols is 1. The van der Waals surface area contributed by atoms with Crippen molar-refractivity contribution >= 4 is 33.2 Å². The number of benzene rings is 1. The number of carbonyl (C=O) groups excluding carboxylic acids is 1. The Kier molecular flexibility index (Phi) is 6.77. The molecule has 3 fully saturated rings. The van der Waals surface area contributed by atoms with E-state index in [1.54, 1.807) is 6.07 Å². The summed E-state index contributed by atoms with van der Waals surface area (Å²) in [5.74, 6) is 0.898. The number of pyridine rings is 1. The van der Waals surface area contributed by atoms with Crippen LogP contribution >= 0.6 is 0 Å². The van der Waals surface area contributed by atoms with Crippen LogP contribution in [0.4, 0.5) is 0 Å². The lowest BCUT2D eigenvalue weighted by Gasteiger charge is -2.58. The second-order valence-corrected chi connectivity index (χ2v) is 14.0. The van der Waals surface area contributed by atoms with Crippen LogP contribution in [0.15, 0.2) is 48.7 Å². The number of aromatic nitrogens is 2. The number of H-pyrrole nitrogens is 1. The zero-order valence-corrected chi connectivity index (χ0v) is 25.1. The summed E-state index contributed by atoms with van der Waals surface area (Å²) in [6, 6.07) is 8.04. The second kappa shape index (κ2) is 10.6. The fraction of sp³-hybridized carbons (Fsp3) is 0.556. The molecule has 7 nitrogen and oxygen atoms in total. The number of aromatic amines is 1. The summed E-state index contributed by atoms with van der Waals surface area (Å²) in [5, 5.41) is 25.8. The number of nitrogens with one attached hydrogen (secondary N) is 1. The van der Waals surface area contributed by atoms with Gasteiger partial charge in [-0.1, -0.05) is 24.3 Å². The van der Waals surface area contributed by atoms with Crippen molar-refractivity contribution in [3.8, 4) is 5.75 Å². The lowest BCUT2D eigenvalue weighted by Crippen LogP contribution is -2.65. The second-order valence-electron chi connectivity index (χ2n) is 14.0. The Labute approximate surface area is 253 Å². The molecule has 6 heterocycles. The minimum atomic E-state index is -1.01. The van der Waals surface area contributed by atoms with Gasteiger partial charge < -0.3 is 20.1 Å². The minimum Gasteiger partial charge on any atom is -0.506 e. The molecule has 3 bridgehead atoms. The van der Waals surface area contributed by atoms with E-state index in [1.165, 1.54) is 18.4 Å². The lowest BCUT2D eigenvalue weighted by molar-refractivity contribution is -0.120. The van der Waals surface area contributed by atoms with E-state index in [-0.39, 0.29) is 23.1 Å². The average molecular weight is 581 g/mol. The highest BCUT2D eigenvalue weighted by molar-refractivity contribution is 6.11. The van der Waals surface area contributed by atoms with Crippen LogP contribution in [0.3, 0.4) is 0 Å². The monoisotopic (exact) mass is 580 g/mol. The summed E-state index contributed by atoms with van der Waals surface area (Å²) in [6.07, 6.45) is 18.9. The Morgan fingerprint density at radius 1 is 0.953 bits per heavy atom. The minimum absolute atomic E-state index is 0.0230. The average Bonchev–Trinajstić information content (AvgIpc) is 3.52. The predicted molar refractivity (Wildman–Crippen MR) is 170 cm³/mol. The number of aliphatic hydroxyl groups is 1. The molecule has 43 heavy (non-hydrogen) atoms. The molecule has 0 amide bonds. The molecule has 226 valence electrons. The summed E-state index contributed by atoms with van der Waals surface area (Å²) in [6.45, 7) is 4.02. The Morgan fingerprint density at radius 3 is 2.77 bits per heavy atom. The van der Waals surface area contributed by atoms with Gasteiger partial charge in [0, 0.05) is 53.9 Å². The molecule has 7 heteroatoms. The first-order valence-electron chi connectivity index (χ1n) is 16.7. The SMILES string of the molecule is O=C1CCCN2C3[C@]4(C[C@H]2CC1)CN1CCCC/C=C\CC[C@@]3(O)C=C(c2nccc3c2[nH]c2c(O)cccc23)[C@H]4CC1. The highest BCUT2D eigenvalue weighted by Gasteiger charge is 2.66. The predicted octanol–water partition coefficient (Wildman–Crippen LogP) is 5.96. The zero-order valence-electron chi connectivity index (χ0n) is 25.1. The normalized spacial score (nSPS) is 36.1. The summed E-state index contributed by atoms with van der Waals surface area (Å²) in [4.78, 5) is 26.5. The number of hydrogen-bond acceptors (Lipinski definition) is 6. The summed E-state index contributed by atoms with van der Waals surface area (Å²) < 4.78 is 0. The van der Waals surface area contributed by atoms with Crippen molar-refractivity contribution in [2.24, 2.45) is 11.3 Å². The van der Waals surface area contributed by atoms with Gasteiger partial charge in [-0.15, -0.1) is 0 Å². The van der Waals surface area contributed by atoms with Crippen LogP contribution < -0.4 is 0 Å². The molecule has 4 aliphatic heterocycles. The lowest BCUT2D eigenvalue weighted by atomic mass is 9.54. The smallest absolute Gasteiger partial charge is 0.139 e. The quantitative estimate of drug-likeness (QED) is 0.308. The molecule has 3 N–H and O–H groups in total. The van der Waals surface area contributed by atoms with E-state index in [4.69, 9.17) is 4.98 Å². The van der Waals surface area contributed by atoms with Crippen LogP contribution in [0.5, 0.6) is 5.75 Å². The fourth-order valence-electron chi connectivity index (χ4n) is 9.92. The van der Waals surface area contributed by atoms with Gasteiger partial charge in [-0.05, 0) is 107 Å². The largest absolute Gasteiger partial charge is 0.506 e. The van der Waals surface area contributed by atoms with E-state index < -0.39 is 5.60 Å². The number of allylic oxidation sites excluding steroid dienone is 3. The van der Waals surface area contributed by atoms with E-state index in [0.29, 0.717) is 31.1 Å². The Bertz CT molecular complexity index is 1630. The summed E-state index contributed by atoms with van der Waals surface area (Å²) >= 11 is 0. The zero-order chi connectivity index (χ0) is 29.2. The van der Waals surface area contributed by atoms with Crippen molar-refractivity contribution in [2.75, 3.05) is 26.2 Å². The number of phenolic OH excluding ortho intramolecular Hbond substituents is 1. The third-order valence-electron chi connectivity index (χ3n) is 11.6. The van der Waals surface area contributed by atoms with E-state index in [2.05, 4.69) is 39.1 Å². The third kappa shape index (κ3) is 4.41.